The molecule has 1 aliphatic rings. The molecular formula is C25H28N6OS. The first-order valence-electron chi connectivity index (χ1n) is 11.3. The van der Waals surface area contributed by atoms with Crippen LogP contribution in [0.15, 0.2) is 65.2 Å². The predicted molar refractivity (Wildman–Crippen MR) is 131 cm³/mol. The zero-order valence-electron chi connectivity index (χ0n) is 19.0. The first-order valence-corrected chi connectivity index (χ1v) is 11.7. The molecule has 4 aromatic rings. The Labute approximate surface area is 198 Å². The minimum atomic E-state index is 0.673. The van der Waals surface area contributed by atoms with Crippen LogP contribution in [0.2, 0.25) is 0 Å². The lowest BCUT2D eigenvalue weighted by Gasteiger charge is -2.33. The molecule has 0 saturated carbocycles. The summed E-state index contributed by atoms with van der Waals surface area (Å²) >= 11 is 5.92. The summed E-state index contributed by atoms with van der Waals surface area (Å²) in [5, 5.41) is 8.95. The molecule has 3 heterocycles. The molecule has 0 amide bonds. The molecular weight excluding hydrogens is 432 g/mol. The Balaban J connectivity index is 1.36. The first-order chi connectivity index (χ1) is 16.1. The van der Waals surface area contributed by atoms with Crippen LogP contribution >= 0.6 is 12.2 Å². The number of aryl methyl sites for hydroxylation is 2. The minimum absolute atomic E-state index is 0.673. The zero-order chi connectivity index (χ0) is 22.8. The normalized spacial score (nSPS) is 15.2. The van der Waals surface area contributed by atoms with Crippen LogP contribution in [0.3, 0.4) is 0 Å². The molecule has 0 aliphatic carbocycles. The third kappa shape index (κ3) is 4.83. The van der Waals surface area contributed by atoms with Crippen LogP contribution in [0.4, 0.5) is 0 Å². The number of nitrogens with zero attached hydrogens (tertiary/aromatic N) is 6. The molecule has 33 heavy (non-hydrogen) atoms. The molecule has 8 heteroatoms. The Hall–Kier alpha value is -3.07. The Bertz CT molecular complexity index is 1270. The van der Waals surface area contributed by atoms with Crippen molar-refractivity contribution in [2.24, 2.45) is 0 Å². The van der Waals surface area contributed by atoms with Gasteiger partial charge in [0.25, 0.3) is 0 Å². The fourth-order valence-electron chi connectivity index (χ4n) is 4.19. The van der Waals surface area contributed by atoms with E-state index in [2.05, 4.69) is 62.8 Å². The highest BCUT2D eigenvalue weighted by atomic mass is 32.1. The van der Waals surface area contributed by atoms with Gasteiger partial charge in [0.05, 0.1) is 18.9 Å². The Kier molecular flexibility index (Phi) is 6.22. The summed E-state index contributed by atoms with van der Waals surface area (Å²) in [7, 11) is 0. The van der Waals surface area contributed by atoms with Crippen LogP contribution in [0.25, 0.3) is 17.1 Å². The van der Waals surface area contributed by atoms with Gasteiger partial charge in [0.1, 0.15) is 0 Å². The van der Waals surface area contributed by atoms with Gasteiger partial charge < -0.3 is 4.52 Å². The molecule has 170 valence electrons. The molecule has 0 radical (unpaired) electrons. The van der Waals surface area contributed by atoms with E-state index in [-0.39, 0.29) is 0 Å². The van der Waals surface area contributed by atoms with Gasteiger partial charge in [-0.15, -0.1) is 5.10 Å². The van der Waals surface area contributed by atoms with Crippen LogP contribution < -0.4 is 0 Å². The van der Waals surface area contributed by atoms with Crippen molar-refractivity contribution < 1.29 is 4.52 Å². The molecule has 2 aromatic carbocycles. The second kappa shape index (κ2) is 9.43. The van der Waals surface area contributed by atoms with Gasteiger partial charge >= 0.3 is 0 Å². The van der Waals surface area contributed by atoms with Crippen molar-refractivity contribution >= 4 is 12.2 Å². The Morgan fingerprint density at radius 2 is 1.61 bits per heavy atom. The molecule has 1 saturated heterocycles. The van der Waals surface area contributed by atoms with Crippen LogP contribution in [0, 0.1) is 18.6 Å². The van der Waals surface area contributed by atoms with Gasteiger partial charge in [-0.2, -0.15) is 0 Å². The molecule has 0 bridgehead atoms. The van der Waals surface area contributed by atoms with Crippen LogP contribution in [0.5, 0.6) is 0 Å². The summed E-state index contributed by atoms with van der Waals surface area (Å²) in [6.45, 7) is 9.36. The molecule has 2 aromatic heterocycles. The SMILES string of the molecule is Cc1ccc(-n2c(-c3ccccc3)nn(CN3CCN(Cc4cc(C)no4)CC3)c2=S)cc1. The Morgan fingerprint density at radius 1 is 0.909 bits per heavy atom. The average Bonchev–Trinajstić information content (AvgIpc) is 3.39. The highest BCUT2D eigenvalue weighted by molar-refractivity contribution is 7.71. The monoisotopic (exact) mass is 460 g/mol. The van der Waals surface area contributed by atoms with E-state index in [0.29, 0.717) is 11.4 Å². The van der Waals surface area contributed by atoms with Crippen molar-refractivity contribution in [3.63, 3.8) is 0 Å². The first kappa shape index (κ1) is 21.8. The lowest BCUT2D eigenvalue weighted by molar-refractivity contribution is 0.0921. The average molecular weight is 461 g/mol. The fraction of sp³-hybridized carbons (Fsp3) is 0.320. The number of aromatic nitrogens is 4. The van der Waals surface area contributed by atoms with Crippen molar-refractivity contribution in [3.8, 4) is 17.1 Å². The second-order valence-corrected chi connectivity index (χ2v) is 8.98. The van der Waals surface area contributed by atoms with Crippen LogP contribution in [-0.2, 0) is 13.2 Å². The van der Waals surface area contributed by atoms with E-state index in [1.807, 2.05) is 35.9 Å². The summed E-state index contributed by atoms with van der Waals surface area (Å²) in [5.74, 6) is 1.79. The van der Waals surface area contributed by atoms with Gasteiger partial charge in [0, 0.05) is 43.5 Å². The number of benzene rings is 2. The largest absolute Gasteiger partial charge is 0.360 e. The van der Waals surface area contributed by atoms with E-state index < -0.39 is 0 Å². The summed E-state index contributed by atoms with van der Waals surface area (Å²) in [6, 6.07) is 20.7. The number of piperazine rings is 1. The van der Waals surface area contributed by atoms with E-state index in [1.165, 1.54) is 5.56 Å². The maximum absolute atomic E-state index is 5.92. The topological polar surface area (TPSA) is 55.3 Å². The summed E-state index contributed by atoms with van der Waals surface area (Å²) in [4.78, 5) is 4.80. The lowest BCUT2D eigenvalue weighted by Crippen LogP contribution is -2.46. The molecule has 0 atom stereocenters. The standard InChI is InChI=1S/C25H28N6OS/c1-19-8-10-22(11-9-19)31-24(21-6-4-3-5-7-21)26-30(25(31)33)18-29-14-12-28(13-15-29)17-23-16-20(2)27-32-23/h3-11,16H,12-15,17-18H2,1-2H3. The molecule has 1 aliphatic heterocycles. The summed E-state index contributed by atoms with van der Waals surface area (Å²) < 4.78 is 10.1. The highest BCUT2D eigenvalue weighted by Gasteiger charge is 2.21. The van der Waals surface area contributed by atoms with Gasteiger partial charge in [-0.3, -0.25) is 14.4 Å². The highest BCUT2D eigenvalue weighted by Crippen LogP contribution is 2.23. The van der Waals surface area contributed by atoms with E-state index in [9.17, 15) is 0 Å². The molecule has 7 nitrogen and oxygen atoms in total. The molecule has 5 rings (SSSR count). The van der Waals surface area contributed by atoms with Crippen molar-refractivity contribution in [1.29, 1.82) is 0 Å². The lowest BCUT2D eigenvalue weighted by atomic mass is 10.2. The molecule has 1 fully saturated rings. The van der Waals surface area contributed by atoms with Crippen molar-refractivity contribution in [2.45, 2.75) is 27.1 Å². The minimum Gasteiger partial charge on any atom is -0.360 e. The smallest absolute Gasteiger partial charge is 0.204 e. The third-order valence-corrected chi connectivity index (χ3v) is 6.41. The maximum Gasteiger partial charge on any atom is 0.204 e. The van der Waals surface area contributed by atoms with Gasteiger partial charge in [0.2, 0.25) is 4.77 Å². The van der Waals surface area contributed by atoms with Crippen molar-refractivity contribution in [1.82, 2.24) is 29.3 Å². The van der Waals surface area contributed by atoms with Crippen LogP contribution in [-0.4, -0.2) is 55.5 Å². The summed E-state index contributed by atoms with van der Waals surface area (Å²) in [5.41, 5.74) is 4.23. The molecule has 0 N–H and O–H groups in total. The zero-order valence-corrected chi connectivity index (χ0v) is 19.8. The number of hydrogen-bond donors (Lipinski definition) is 0. The van der Waals surface area contributed by atoms with Crippen molar-refractivity contribution in [2.75, 3.05) is 26.2 Å². The van der Waals surface area contributed by atoms with Gasteiger partial charge in [0.15, 0.2) is 11.6 Å². The van der Waals surface area contributed by atoms with Crippen LogP contribution in [0.1, 0.15) is 17.0 Å². The Morgan fingerprint density at radius 3 is 2.27 bits per heavy atom. The van der Waals surface area contributed by atoms with Gasteiger partial charge in [-0.25, -0.2) is 4.68 Å². The van der Waals surface area contributed by atoms with Gasteiger partial charge in [-0.05, 0) is 38.2 Å². The second-order valence-electron chi connectivity index (χ2n) is 8.61. The maximum atomic E-state index is 5.92. The molecule has 0 spiro atoms. The van der Waals surface area contributed by atoms with E-state index >= 15 is 0 Å². The third-order valence-electron chi connectivity index (χ3n) is 6.02. The molecule has 0 unspecified atom stereocenters. The fourth-order valence-corrected chi connectivity index (χ4v) is 4.48. The summed E-state index contributed by atoms with van der Waals surface area (Å²) in [6.07, 6.45) is 0. The van der Waals surface area contributed by atoms with E-state index in [0.717, 1.165) is 61.3 Å². The number of hydrogen-bond acceptors (Lipinski definition) is 6. The van der Waals surface area contributed by atoms with Gasteiger partial charge in [-0.1, -0.05) is 53.2 Å². The predicted octanol–water partition coefficient (Wildman–Crippen LogP) is 4.45. The number of rotatable bonds is 6. The van der Waals surface area contributed by atoms with Crippen molar-refractivity contribution in [3.05, 3.63) is 82.5 Å². The quantitative estimate of drug-likeness (QED) is 0.396. The van der Waals surface area contributed by atoms with E-state index in [1.54, 1.807) is 0 Å². The van der Waals surface area contributed by atoms with E-state index in [4.69, 9.17) is 21.8 Å².